The van der Waals surface area contributed by atoms with Crippen LogP contribution < -0.4 is 15.2 Å². The van der Waals surface area contributed by atoms with Crippen LogP contribution in [0.25, 0.3) is 0 Å². The van der Waals surface area contributed by atoms with Crippen molar-refractivity contribution >= 4 is 11.8 Å². The number of hydrogen-bond acceptors (Lipinski definition) is 4. The van der Waals surface area contributed by atoms with Crippen molar-refractivity contribution in [1.29, 1.82) is 0 Å². The molecule has 0 saturated carbocycles. The second-order valence-corrected chi connectivity index (χ2v) is 4.95. The second-order valence-electron chi connectivity index (χ2n) is 3.90. The predicted molar refractivity (Wildman–Crippen MR) is 71.0 cm³/mol. The van der Waals surface area contributed by atoms with E-state index in [1.54, 1.807) is 11.8 Å². The fourth-order valence-corrected chi connectivity index (χ4v) is 2.32. The van der Waals surface area contributed by atoms with Gasteiger partial charge in [-0.3, -0.25) is 0 Å². The van der Waals surface area contributed by atoms with Gasteiger partial charge in [0.2, 0.25) is 0 Å². The van der Waals surface area contributed by atoms with E-state index in [2.05, 4.69) is 6.58 Å². The van der Waals surface area contributed by atoms with E-state index in [9.17, 15) is 0 Å². The Morgan fingerprint density at radius 3 is 2.82 bits per heavy atom. The molecule has 0 radical (unpaired) electrons. The molecule has 0 atom stereocenters. The molecule has 2 N–H and O–H groups in total. The molecule has 0 bridgehead atoms. The summed E-state index contributed by atoms with van der Waals surface area (Å²) in [6.07, 6.45) is 0.932. The number of rotatable bonds is 4. The summed E-state index contributed by atoms with van der Waals surface area (Å²) in [5.74, 6) is 2.52. The molecule has 3 nitrogen and oxygen atoms in total. The van der Waals surface area contributed by atoms with Crippen molar-refractivity contribution in [3.05, 3.63) is 30.4 Å². The van der Waals surface area contributed by atoms with Gasteiger partial charge < -0.3 is 15.2 Å². The van der Waals surface area contributed by atoms with Crippen LogP contribution in [0.4, 0.5) is 0 Å². The quantitative estimate of drug-likeness (QED) is 0.659. The van der Waals surface area contributed by atoms with Gasteiger partial charge in [0.05, 0.1) is 13.2 Å². The highest BCUT2D eigenvalue weighted by Crippen LogP contribution is 2.34. The van der Waals surface area contributed by atoms with Crippen molar-refractivity contribution in [3.8, 4) is 11.5 Å². The Morgan fingerprint density at radius 2 is 2.06 bits per heavy atom. The number of fused-ring (bicyclic) bond motifs is 1. The van der Waals surface area contributed by atoms with E-state index in [0.29, 0.717) is 6.54 Å². The molecule has 0 saturated heterocycles. The monoisotopic (exact) mass is 251 g/mol. The summed E-state index contributed by atoms with van der Waals surface area (Å²) in [6.45, 7) is 5.87. The van der Waals surface area contributed by atoms with E-state index < -0.39 is 0 Å². The van der Waals surface area contributed by atoms with Crippen molar-refractivity contribution < 1.29 is 9.47 Å². The third-order valence-corrected chi connectivity index (χ3v) is 3.59. The molecule has 0 aliphatic carbocycles. The molecule has 2 rings (SSSR count). The predicted octanol–water partition coefficient (Wildman–Crippen LogP) is 2.45. The minimum Gasteiger partial charge on any atom is -0.490 e. The molecule has 1 aromatic carbocycles. The van der Waals surface area contributed by atoms with Crippen molar-refractivity contribution in [2.24, 2.45) is 5.73 Å². The number of benzene rings is 1. The lowest BCUT2D eigenvalue weighted by molar-refractivity contribution is 0.297. The smallest absolute Gasteiger partial charge is 0.162 e. The van der Waals surface area contributed by atoms with Crippen LogP contribution in [0.3, 0.4) is 0 Å². The summed E-state index contributed by atoms with van der Waals surface area (Å²) in [4.78, 5) is 1.16. The Balaban J connectivity index is 2.04. The Labute approximate surface area is 106 Å². The summed E-state index contributed by atoms with van der Waals surface area (Å²) >= 11 is 1.72. The normalized spacial score (nSPS) is 14.2. The SMILES string of the molecule is C=C(CN)CSc1ccc2c(c1)OCCCO2. The van der Waals surface area contributed by atoms with Crippen LogP contribution in [0.1, 0.15) is 6.42 Å². The molecule has 0 spiro atoms. The zero-order valence-corrected chi connectivity index (χ0v) is 10.6. The van der Waals surface area contributed by atoms with Gasteiger partial charge >= 0.3 is 0 Å². The van der Waals surface area contributed by atoms with Gasteiger partial charge in [-0.25, -0.2) is 0 Å². The minimum absolute atomic E-state index is 0.539. The van der Waals surface area contributed by atoms with E-state index in [1.165, 1.54) is 0 Å². The Kier molecular flexibility index (Phi) is 4.34. The summed E-state index contributed by atoms with van der Waals surface area (Å²) in [5.41, 5.74) is 6.55. The van der Waals surface area contributed by atoms with Gasteiger partial charge in [0.25, 0.3) is 0 Å². The van der Waals surface area contributed by atoms with Crippen LogP contribution in [-0.4, -0.2) is 25.5 Å². The van der Waals surface area contributed by atoms with Gasteiger partial charge in [0.15, 0.2) is 11.5 Å². The molecule has 0 fully saturated rings. The highest BCUT2D eigenvalue weighted by Gasteiger charge is 2.10. The molecule has 17 heavy (non-hydrogen) atoms. The standard InChI is InChI=1S/C13H17NO2S/c1-10(8-14)9-17-11-3-4-12-13(7-11)16-6-2-5-15-12/h3-4,7H,1-2,5-6,8-9,14H2. The fraction of sp³-hybridized carbons (Fsp3) is 0.385. The highest BCUT2D eigenvalue weighted by atomic mass is 32.2. The first-order valence-electron chi connectivity index (χ1n) is 5.69. The van der Waals surface area contributed by atoms with E-state index in [0.717, 1.165) is 47.4 Å². The Bertz CT molecular complexity index is 406. The molecule has 0 aromatic heterocycles. The second kappa shape index (κ2) is 5.98. The zero-order chi connectivity index (χ0) is 12.1. The maximum Gasteiger partial charge on any atom is 0.162 e. The van der Waals surface area contributed by atoms with Crippen LogP contribution >= 0.6 is 11.8 Å². The third-order valence-electron chi connectivity index (χ3n) is 2.45. The first kappa shape index (κ1) is 12.3. The largest absolute Gasteiger partial charge is 0.490 e. The van der Waals surface area contributed by atoms with Gasteiger partial charge in [-0.15, -0.1) is 11.8 Å². The molecule has 1 aliphatic rings. The fourth-order valence-electron chi connectivity index (χ4n) is 1.48. The number of thioether (sulfide) groups is 1. The number of nitrogens with two attached hydrogens (primary N) is 1. The Morgan fingerprint density at radius 1 is 1.29 bits per heavy atom. The van der Waals surface area contributed by atoms with Gasteiger partial charge in [0, 0.05) is 23.6 Å². The maximum absolute atomic E-state index is 5.64. The molecule has 92 valence electrons. The Hall–Kier alpha value is -1.13. The van der Waals surface area contributed by atoms with Crippen LogP contribution in [0.2, 0.25) is 0 Å². The molecule has 1 heterocycles. The number of hydrogen-bond donors (Lipinski definition) is 1. The molecule has 1 aromatic rings. The van der Waals surface area contributed by atoms with Crippen LogP contribution in [0.15, 0.2) is 35.2 Å². The van der Waals surface area contributed by atoms with Gasteiger partial charge in [-0.1, -0.05) is 12.2 Å². The summed E-state index contributed by atoms with van der Waals surface area (Å²) in [6, 6.07) is 6.03. The minimum atomic E-state index is 0.539. The summed E-state index contributed by atoms with van der Waals surface area (Å²) in [7, 11) is 0. The lowest BCUT2D eigenvalue weighted by Gasteiger charge is -2.09. The topological polar surface area (TPSA) is 44.5 Å². The summed E-state index contributed by atoms with van der Waals surface area (Å²) in [5, 5.41) is 0. The van der Waals surface area contributed by atoms with Crippen molar-refractivity contribution in [1.82, 2.24) is 0 Å². The van der Waals surface area contributed by atoms with Crippen LogP contribution in [0.5, 0.6) is 11.5 Å². The molecule has 0 unspecified atom stereocenters. The van der Waals surface area contributed by atoms with E-state index >= 15 is 0 Å². The molecule has 1 aliphatic heterocycles. The zero-order valence-electron chi connectivity index (χ0n) is 9.78. The van der Waals surface area contributed by atoms with E-state index in [1.807, 2.05) is 18.2 Å². The van der Waals surface area contributed by atoms with Crippen molar-refractivity contribution in [3.63, 3.8) is 0 Å². The molecular weight excluding hydrogens is 234 g/mol. The molecular formula is C13H17NO2S. The van der Waals surface area contributed by atoms with E-state index in [4.69, 9.17) is 15.2 Å². The third kappa shape index (κ3) is 3.41. The lowest BCUT2D eigenvalue weighted by atomic mass is 10.3. The average molecular weight is 251 g/mol. The summed E-state index contributed by atoms with van der Waals surface area (Å²) < 4.78 is 11.2. The van der Waals surface area contributed by atoms with Gasteiger partial charge in [0.1, 0.15) is 0 Å². The van der Waals surface area contributed by atoms with Gasteiger partial charge in [-0.2, -0.15) is 0 Å². The van der Waals surface area contributed by atoms with Crippen molar-refractivity contribution in [2.45, 2.75) is 11.3 Å². The van der Waals surface area contributed by atoms with Crippen LogP contribution in [-0.2, 0) is 0 Å². The van der Waals surface area contributed by atoms with Crippen molar-refractivity contribution in [2.75, 3.05) is 25.5 Å². The maximum atomic E-state index is 5.64. The van der Waals surface area contributed by atoms with Crippen LogP contribution in [0, 0.1) is 0 Å². The molecule has 0 amide bonds. The number of ether oxygens (including phenoxy) is 2. The first-order valence-corrected chi connectivity index (χ1v) is 6.67. The highest BCUT2D eigenvalue weighted by molar-refractivity contribution is 7.99. The lowest BCUT2D eigenvalue weighted by Crippen LogP contribution is -2.03. The van der Waals surface area contributed by atoms with E-state index in [-0.39, 0.29) is 0 Å². The van der Waals surface area contributed by atoms with Gasteiger partial charge in [-0.05, 0) is 18.2 Å². The first-order chi connectivity index (χ1) is 8.29. The average Bonchev–Trinajstić information content (AvgIpc) is 2.60. The molecule has 4 heteroatoms.